The minimum absolute atomic E-state index is 0.0703. The van der Waals surface area contributed by atoms with Crippen LogP contribution in [-0.4, -0.2) is 35.2 Å². The van der Waals surface area contributed by atoms with Gasteiger partial charge in [-0.15, -0.1) is 0 Å². The van der Waals surface area contributed by atoms with Crippen LogP contribution in [0.1, 0.15) is 25.8 Å². The summed E-state index contributed by atoms with van der Waals surface area (Å²) in [5, 5.41) is 0. The fraction of sp³-hybridized carbons (Fsp3) is 0.292. The van der Waals surface area contributed by atoms with Gasteiger partial charge in [0.2, 0.25) is 0 Å². The molecule has 0 saturated carbocycles. The van der Waals surface area contributed by atoms with Crippen LogP contribution in [-0.2, 0) is 11.3 Å². The molecule has 1 aromatic heterocycles. The van der Waals surface area contributed by atoms with Crippen molar-refractivity contribution in [2.45, 2.75) is 26.8 Å². The number of amides is 1. The van der Waals surface area contributed by atoms with Gasteiger partial charge < -0.3 is 20.1 Å². The van der Waals surface area contributed by atoms with Crippen LogP contribution in [0, 0.1) is 0 Å². The molecule has 3 N–H and O–H groups in total. The van der Waals surface area contributed by atoms with E-state index in [2.05, 4.69) is 4.98 Å². The number of benzene rings is 2. The Balaban J connectivity index is 1.91. The number of rotatable bonds is 10. The lowest BCUT2D eigenvalue weighted by Crippen LogP contribution is -2.43. The van der Waals surface area contributed by atoms with Gasteiger partial charge in [0.15, 0.2) is 23.8 Å². The molecule has 0 saturated heterocycles. The van der Waals surface area contributed by atoms with Crippen LogP contribution in [0.3, 0.4) is 0 Å². The summed E-state index contributed by atoms with van der Waals surface area (Å²) in [5.41, 5.74) is 5.65. The molecule has 0 unspecified atom stereocenters. The molecule has 0 aliphatic rings. The summed E-state index contributed by atoms with van der Waals surface area (Å²) >= 11 is 0. The maximum Gasteiger partial charge on any atom is 0.330 e. The highest BCUT2D eigenvalue weighted by molar-refractivity contribution is 5.96. The van der Waals surface area contributed by atoms with Crippen LogP contribution in [0.5, 0.6) is 11.5 Å². The predicted molar refractivity (Wildman–Crippen MR) is 127 cm³/mol. The highest BCUT2D eigenvalue weighted by Gasteiger charge is 2.24. The van der Waals surface area contributed by atoms with Crippen molar-refractivity contribution in [1.82, 2.24) is 9.55 Å². The average molecular weight is 453 g/mol. The molecule has 0 atom stereocenters. The summed E-state index contributed by atoms with van der Waals surface area (Å²) in [6, 6.07) is 16.2. The first-order chi connectivity index (χ1) is 16.0. The van der Waals surface area contributed by atoms with Crippen molar-refractivity contribution in [1.29, 1.82) is 0 Å². The van der Waals surface area contributed by atoms with Crippen molar-refractivity contribution in [3.63, 3.8) is 0 Å². The molecule has 3 aromatic rings. The average Bonchev–Trinajstić information content (AvgIpc) is 2.81. The van der Waals surface area contributed by atoms with Crippen molar-refractivity contribution in [3.05, 3.63) is 81.0 Å². The van der Waals surface area contributed by atoms with Gasteiger partial charge >= 0.3 is 5.69 Å². The second-order valence-corrected chi connectivity index (χ2v) is 7.28. The zero-order valence-electron chi connectivity index (χ0n) is 18.7. The van der Waals surface area contributed by atoms with E-state index in [0.717, 1.165) is 5.56 Å². The zero-order chi connectivity index (χ0) is 23.8. The Kier molecular flexibility index (Phi) is 7.91. The van der Waals surface area contributed by atoms with E-state index >= 15 is 0 Å². The first-order valence-corrected chi connectivity index (χ1v) is 10.8. The quantitative estimate of drug-likeness (QED) is 0.487. The lowest BCUT2D eigenvalue weighted by molar-refractivity contribution is -0.120. The number of nitrogen functional groups attached to an aromatic ring is 1. The second-order valence-electron chi connectivity index (χ2n) is 7.28. The van der Waals surface area contributed by atoms with Crippen molar-refractivity contribution in [2.75, 3.05) is 30.4 Å². The van der Waals surface area contributed by atoms with Crippen molar-refractivity contribution < 1.29 is 14.3 Å². The molecule has 0 bridgehead atoms. The second kappa shape index (κ2) is 11.0. The van der Waals surface area contributed by atoms with E-state index in [1.165, 1.54) is 9.47 Å². The molecule has 2 aromatic carbocycles. The largest absolute Gasteiger partial charge is 0.490 e. The molecule has 3 rings (SSSR count). The SMILES string of the molecule is CCCN(C(=O)COc1ccccc1OCC)c1c(N)n(Cc2ccccc2)c(=O)[nH]c1=O. The number of ether oxygens (including phenoxy) is 2. The highest BCUT2D eigenvalue weighted by Crippen LogP contribution is 2.26. The van der Waals surface area contributed by atoms with Crippen LogP contribution in [0.2, 0.25) is 0 Å². The Bertz CT molecular complexity index is 1200. The number of carbonyl (C=O) groups is 1. The third-order valence-corrected chi connectivity index (χ3v) is 4.92. The molecule has 33 heavy (non-hydrogen) atoms. The number of anilines is 2. The van der Waals surface area contributed by atoms with E-state index in [0.29, 0.717) is 24.5 Å². The number of hydrogen-bond acceptors (Lipinski definition) is 6. The van der Waals surface area contributed by atoms with Crippen LogP contribution in [0.25, 0.3) is 0 Å². The van der Waals surface area contributed by atoms with Crippen LogP contribution in [0.4, 0.5) is 11.5 Å². The molecule has 9 nitrogen and oxygen atoms in total. The molecule has 0 aliphatic carbocycles. The number of aromatic nitrogens is 2. The molecular weight excluding hydrogens is 424 g/mol. The summed E-state index contributed by atoms with van der Waals surface area (Å²) in [6.45, 7) is 4.22. The normalized spacial score (nSPS) is 10.6. The maximum absolute atomic E-state index is 13.1. The number of hydrogen-bond donors (Lipinski definition) is 2. The fourth-order valence-electron chi connectivity index (χ4n) is 3.41. The number of aromatic amines is 1. The number of nitrogens with zero attached hydrogens (tertiary/aromatic N) is 2. The van der Waals surface area contributed by atoms with Gasteiger partial charge in [-0.1, -0.05) is 49.4 Å². The third-order valence-electron chi connectivity index (χ3n) is 4.92. The van der Waals surface area contributed by atoms with E-state index in [1.807, 2.05) is 44.2 Å². The molecule has 0 spiro atoms. The van der Waals surface area contributed by atoms with E-state index in [-0.39, 0.29) is 31.2 Å². The number of carbonyl (C=O) groups excluding carboxylic acids is 1. The van der Waals surface area contributed by atoms with Crippen LogP contribution >= 0.6 is 0 Å². The lowest BCUT2D eigenvalue weighted by atomic mass is 10.2. The van der Waals surface area contributed by atoms with Crippen molar-refractivity contribution in [2.24, 2.45) is 0 Å². The van der Waals surface area contributed by atoms with Gasteiger partial charge in [-0.2, -0.15) is 0 Å². The van der Waals surface area contributed by atoms with Crippen molar-refractivity contribution >= 4 is 17.4 Å². The summed E-state index contributed by atoms with van der Waals surface area (Å²) in [7, 11) is 0. The number of para-hydroxylation sites is 2. The van der Waals surface area contributed by atoms with E-state index in [4.69, 9.17) is 15.2 Å². The first-order valence-electron chi connectivity index (χ1n) is 10.8. The van der Waals surface area contributed by atoms with Gasteiger partial charge in [0.05, 0.1) is 13.2 Å². The molecule has 9 heteroatoms. The minimum atomic E-state index is -0.724. The highest BCUT2D eigenvalue weighted by atomic mass is 16.5. The van der Waals surface area contributed by atoms with E-state index < -0.39 is 17.2 Å². The van der Waals surface area contributed by atoms with Gasteiger partial charge in [-0.05, 0) is 31.0 Å². The third kappa shape index (κ3) is 5.62. The molecule has 1 heterocycles. The monoisotopic (exact) mass is 452 g/mol. The molecule has 1 amide bonds. The van der Waals surface area contributed by atoms with Gasteiger partial charge in [0.1, 0.15) is 5.82 Å². The molecule has 0 fully saturated rings. The van der Waals surface area contributed by atoms with E-state index in [9.17, 15) is 14.4 Å². The molecule has 0 aliphatic heterocycles. The Hall–Kier alpha value is -4.01. The smallest absolute Gasteiger partial charge is 0.330 e. The lowest BCUT2D eigenvalue weighted by Gasteiger charge is -2.24. The maximum atomic E-state index is 13.1. The Morgan fingerprint density at radius 3 is 2.27 bits per heavy atom. The van der Waals surface area contributed by atoms with Crippen LogP contribution < -0.4 is 31.4 Å². The Morgan fingerprint density at radius 1 is 1.00 bits per heavy atom. The number of nitrogens with two attached hydrogens (primary N) is 1. The Labute approximate surface area is 191 Å². The van der Waals surface area contributed by atoms with Gasteiger partial charge in [0, 0.05) is 6.54 Å². The molecular formula is C24H28N4O5. The molecule has 0 radical (unpaired) electrons. The standard InChI is InChI=1S/C24H28N4O5/c1-3-14-27(20(29)16-33-19-13-9-8-12-18(19)32-4-2)21-22(25)28(24(31)26-23(21)30)15-17-10-6-5-7-11-17/h5-13H,3-4,14-16,25H2,1-2H3,(H,26,30,31). The first kappa shape index (κ1) is 23.6. The molecule has 174 valence electrons. The summed E-state index contributed by atoms with van der Waals surface area (Å²) < 4.78 is 12.5. The fourth-order valence-corrected chi connectivity index (χ4v) is 3.41. The summed E-state index contributed by atoms with van der Waals surface area (Å²) in [4.78, 5) is 41.8. The van der Waals surface area contributed by atoms with Gasteiger partial charge in [0.25, 0.3) is 11.5 Å². The van der Waals surface area contributed by atoms with Crippen molar-refractivity contribution in [3.8, 4) is 11.5 Å². The Morgan fingerprint density at radius 2 is 1.64 bits per heavy atom. The summed E-state index contributed by atoms with van der Waals surface area (Å²) in [5.74, 6) is 0.387. The van der Waals surface area contributed by atoms with Gasteiger partial charge in [-0.3, -0.25) is 19.1 Å². The minimum Gasteiger partial charge on any atom is -0.490 e. The van der Waals surface area contributed by atoms with Crippen LogP contribution in [0.15, 0.2) is 64.2 Å². The topological polar surface area (TPSA) is 120 Å². The number of nitrogens with one attached hydrogen (secondary N) is 1. The summed E-state index contributed by atoms with van der Waals surface area (Å²) in [6.07, 6.45) is 0.567. The predicted octanol–water partition coefficient (Wildman–Crippen LogP) is 2.39. The zero-order valence-corrected chi connectivity index (χ0v) is 18.7. The number of H-pyrrole nitrogens is 1. The van der Waals surface area contributed by atoms with Gasteiger partial charge in [-0.25, -0.2) is 4.79 Å². The van der Waals surface area contributed by atoms with E-state index in [1.54, 1.807) is 24.3 Å².